The van der Waals surface area contributed by atoms with E-state index in [0.29, 0.717) is 22.4 Å². The molecule has 0 radical (unpaired) electrons. The fourth-order valence-electron chi connectivity index (χ4n) is 3.09. The molecule has 5 N–H and O–H groups in total. The molecular weight excluding hydrogens is 358 g/mol. The molecule has 2 aromatic rings. The number of nitrogens with one attached hydrogen (secondary N) is 1. The Bertz CT molecular complexity index is 768. The van der Waals surface area contributed by atoms with Crippen LogP contribution >= 0.6 is 11.3 Å². The van der Waals surface area contributed by atoms with Gasteiger partial charge in [0.1, 0.15) is 11.0 Å². The quantitative estimate of drug-likeness (QED) is 0.615. The van der Waals surface area contributed by atoms with Crippen LogP contribution in [0.1, 0.15) is 67.6 Å². The molecule has 0 spiro atoms. The summed E-state index contributed by atoms with van der Waals surface area (Å²) in [7, 11) is 0. The van der Waals surface area contributed by atoms with E-state index in [1.165, 1.54) is 22.5 Å². The zero-order chi connectivity index (χ0) is 20.0. The minimum Gasteiger partial charge on any atom is -0.366 e. The lowest BCUT2D eigenvalue weighted by Gasteiger charge is -2.20. The number of benzene rings is 1. The zero-order valence-electron chi connectivity index (χ0n) is 16.5. The molecule has 0 fully saturated rings. The van der Waals surface area contributed by atoms with Crippen LogP contribution in [-0.4, -0.2) is 18.4 Å². The molecule has 1 aromatic carbocycles. The van der Waals surface area contributed by atoms with E-state index < -0.39 is 5.91 Å². The van der Waals surface area contributed by atoms with E-state index in [1.54, 1.807) is 11.4 Å². The molecule has 0 saturated heterocycles. The average Bonchev–Trinajstić information content (AvgIpc) is 3.09. The van der Waals surface area contributed by atoms with Crippen molar-refractivity contribution >= 4 is 28.2 Å². The number of rotatable bonds is 9. The van der Waals surface area contributed by atoms with E-state index in [0.717, 1.165) is 6.42 Å². The highest BCUT2D eigenvalue weighted by Gasteiger charge is 2.21. The lowest BCUT2D eigenvalue weighted by molar-refractivity contribution is -0.692. The number of nitrogens with two attached hydrogens (primary N) is 2. The fourth-order valence-corrected chi connectivity index (χ4v) is 3.90. The predicted octanol–water partition coefficient (Wildman–Crippen LogP) is 3.26. The van der Waals surface area contributed by atoms with E-state index in [4.69, 9.17) is 5.73 Å². The molecule has 146 valence electrons. The van der Waals surface area contributed by atoms with Gasteiger partial charge in [-0.2, -0.15) is 0 Å². The smallest absolute Gasteiger partial charge is 0.280 e. The van der Waals surface area contributed by atoms with E-state index in [1.807, 2.05) is 0 Å². The number of carbonyl (C=O) groups excluding carboxylic acids is 2. The second-order valence-electron chi connectivity index (χ2n) is 7.26. The topological polar surface area (TPSA) is 88.8 Å². The van der Waals surface area contributed by atoms with Crippen molar-refractivity contribution in [3.05, 3.63) is 52.4 Å². The molecule has 0 unspecified atom stereocenters. The summed E-state index contributed by atoms with van der Waals surface area (Å²) in [4.78, 5) is 23.7. The van der Waals surface area contributed by atoms with Gasteiger partial charge in [0.15, 0.2) is 6.54 Å². The summed E-state index contributed by atoms with van der Waals surface area (Å²) in [6, 6.07) is 10.5. The molecule has 0 aliphatic carbocycles. The molecule has 0 aliphatic heterocycles. The van der Waals surface area contributed by atoms with Crippen LogP contribution in [-0.2, 0) is 4.79 Å². The number of carbonyl (C=O) groups is 2. The molecule has 2 amide bonds. The molecule has 27 heavy (non-hydrogen) atoms. The van der Waals surface area contributed by atoms with Crippen molar-refractivity contribution in [1.29, 1.82) is 0 Å². The van der Waals surface area contributed by atoms with Crippen LogP contribution in [0.5, 0.6) is 0 Å². The maximum atomic E-state index is 12.3. The highest BCUT2D eigenvalue weighted by atomic mass is 32.1. The van der Waals surface area contributed by atoms with E-state index in [2.05, 4.69) is 62.6 Å². The molecule has 0 aliphatic rings. The zero-order valence-corrected chi connectivity index (χ0v) is 17.3. The molecule has 1 aromatic heterocycles. The third-order valence-corrected chi connectivity index (χ3v) is 5.79. The molecule has 0 bridgehead atoms. The van der Waals surface area contributed by atoms with Crippen molar-refractivity contribution in [2.75, 3.05) is 11.9 Å². The van der Waals surface area contributed by atoms with Crippen molar-refractivity contribution in [2.24, 2.45) is 11.7 Å². The number of amides is 2. The number of primary amides is 1. The maximum absolute atomic E-state index is 12.3. The number of quaternary nitrogens is 1. The fraction of sp³-hybridized carbons (Fsp3) is 0.429. The van der Waals surface area contributed by atoms with Crippen LogP contribution in [0.15, 0.2) is 35.7 Å². The molecule has 2 rings (SSSR count). The lowest BCUT2D eigenvalue weighted by Crippen LogP contribution is -2.88. The Hall–Kier alpha value is -2.18. The first-order valence-electron chi connectivity index (χ1n) is 9.43. The van der Waals surface area contributed by atoms with Crippen LogP contribution in [0, 0.1) is 5.92 Å². The second kappa shape index (κ2) is 9.67. The van der Waals surface area contributed by atoms with Crippen LogP contribution in [0.3, 0.4) is 0 Å². The molecule has 2 atom stereocenters. The molecule has 6 heteroatoms. The lowest BCUT2D eigenvalue weighted by atomic mass is 9.92. The van der Waals surface area contributed by atoms with Gasteiger partial charge in [-0.1, -0.05) is 52.0 Å². The average molecular weight is 389 g/mol. The van der Waals surface area contributed by atoms with Gasteiger partial charge in [0.05, 0.1) is 5.56 Å². The Balaban J connectivity index is 2.00. The predicted molar refractivity (Wildman–Crippen MR) is 111 cm³/mol. The summed E-state index contributed by atoms with van der Waals surface area (Å²) >= 11 is 1.30. The first kappa shape index (κ1) is 21.1. The summed E-state index contributed by atoms with van der Waals surface area (Å²) in [5.41, 5.74) is 8.25. The van der Waals surface area contributed by atoms with Crippen molar-refractivity contribution in [1.82, 2.24) is 0 Å². The van der Waals surface area contributed by atoms with Gasteiger partial charge in [0.2, 0.25) is 0 Å². The standard InChI is InChI=1S/C21H29N3O2S/c1-5-14(4)15-6-8-16(9-7-15)19(13(2)3)23-12-18(25)24-21-17(20(22)26)10-11-27-21/h6-11,13-14,19,23H,5,12H2,1-4H3,(H2,22,26)(H,24,25)/p+1/t14-,19+/m1/s1. The van der Waals surface area contributed by atoms with Crippen LogP contribution in [0.4, 0.5) is 5.00 Å². The van der Waals surface area contributed by atoms with Gasteiger partial charge in [0, 0.05) is 11.5 Å². The van der Waals surface area contributed by atoms with Crippen molar-refractivity contribution in [3.63, 3.8) is 0 Å². The van der Waals surface area contributed by atoms with E-state index in [-0.39, 0.29) is 18.5 Å². The summed E-state index contributed by atoms with van der Waals surface area (Å²) in [5, 5.41) is 7.11. The minimum atomic E-state index is -0.531. The number of hydrogen-bond acceptors (Lipinski definition) is 3. The Morgan fingerprint density at radius 2 is 1.74 bits per heavy atom. The monoisotopic (exact) mass is 388 g/mol. The maximum Gasteiger partial charge on any atom is 0.280 e. The summed E-state index contributed by atoms with van der Waals surface area (Å²) < 4.78 is 0. The van der Waals surface area contributed by atoms with Gasteiger partial charge in [-0.15, -0.1) is 11.3 Å². The Morgan fingerprint density at radius 3 is 2.30 bits per heavy atom. The number of hydrogen-bond donors (Lipinski definition) is 3. The van der Waals surface area contributed by atoms with E-state index in [9.17, 15) is 9.59 Å². The van der Waals surface area contributed by atoms with Crippen LogP contribution in [0.2, 0.25) is 0 Å². The van der Waals surface area contributed by atoms with Crippen LogP contribution in [0.25, 0.3) is 0 Å². The second-order valence-corrected chi connectivity index (χ2v) is 8.18. The summed E-state index contributed by atoms with van der Waals surface area (Å²) in [6.07, 6.45) is 1.12. The molecular formula is C21H30N3O2S+. The molecule has 5 nitrogen and oxygen atoms in total. The van der Waals surface area contributed by atoms with Gasteiger partial charge in [-0.3, -0.25) is 9.59 Å². The van der Waals surface area contributed by atoms with Gasteiger partial charge < -0.3 is 16.4 Å². The highest BCUT2D eigenvalue weighted by Crippen LogP contribution is 2.24. The third-order valence-electron chi connectivity index (χ3n) is 4.96. The number of thiophene rings is 1. The SMILES string of the molecule is CC[C@@H](C)c1ccc([C@@H]([NH2+]CC(=O)Nc2sccc2C(N)=O)C(C)C)cc1. The Labute approximate surface area is 165 Å². The van der Waals surface area contributed by atoms with Crippen LogP contribution < -0.4 is 16.4 Å². The normalized spacial score (nSPS) is 13.4. The summed E-state index contributed by atoms with van der Waals surface area (Å²) in [6.45, 7) is 9.03. The number of anilines is 1. The summed E-state index contributed by atoms with van der Waals surface area (Å²) in [5.74, 6) is 0.269. The minimum absolute atomic E-state index is 0.137. The highest BCUT2D eigenvalue weighted by molar-refractivity contribution is 7.14. The van der Waals surface area contributed by atoms with Gasteiger partial charge in [0.25, 0.3) is 11.8 Å². The first-order valence-corrected chi connectivity index (χ1v) is 10.3. The molecule has 1 heterocycles. The first-order chi connectivity index (χ1) is 12.8. The van der Waals surface area contributed by atoms with Crippen molar-refractivity contribution in [2.45, 2.75) is 46.1 Å². The van der Waals surface area contributed by atoms with E-state index >= 15 is 0 Å². The molecule has 0 saturated carbocycles. The third kappa shape index (κ3) is 5.65. The largest absolute Gasteiger partial charge is 0.366 e. The Morgan fingerprint density at radius 1 is 1.11 bits per heavy atom. The van der Waals surface area contributed by atoms with Gasteiger partial charge in [-0.25, -0.2) is 0 Å². The van der Waals surface area contributed by atoms with Crippen molar-refractivity contribution in [3.8, 4) is 0 Å². The Kier molecular flexibility index (Phi) is 7.56. The van der Waals surface area contributed by atoms with Gasteiger partial charge in [-0.05, 0) is 29.3 Å². The van der Waals surface area contributed by atoms with Gasteiger partial charge >= 0.3 is 0 Å². The van der Waals surface area contributed by atoms with Crippen molar-refractivity contribution < 1.29 is 14.9 Å².